The van der Waals surface area contributed by atoms with Crippen LogP contribution in [0.5, 0.6) is 0 Å². The zero-order valence-corrected chi connectivity index (χ0v) is 21.0. The molecule has 0 bridgehead atoms. The van der Waals surface area contributed by atoms with E-state index in [0.717, 1.165) is 0 Å². The van der Waals surface area contributed by atoms with Crippen molar-refractivity contribution >= 4 is 35.0 Å². The number of esters is 1. The summed E-state index contributed by atoms with van der Waals surface area (Å²) in [6, 6.07) is 5.87. The van der Waals surface area contributed by atoms with Crippen molar-refractivity contribution in [3.63, 3.8) is 0 Å². The highest BCUT2D eigenvalue weighted by molar-refractivity contribution is 6.46. The molecule has 1 aliphatic heterocycles. The van der Waals surface area contributed by atoms with Crippen molar-refractivity contribution in [1.29, 1.82) is 0 Å². The van der Waals surface area contributed by atoms with Crippen molar-refractivity contribution in [2.45, 2.75) is 39.8 Å². The quantitative estimate of drug-likeness (QED) is 0.158. The van der Waals surface area contributed by atoms with E-state index in [4.69, 9.17) is 16.3 Å². The van der Waals surface area contributed by atoms with Crippen LogP contribution in [0.25, 0.3) is 5.76 Å². The van der Waals surface area contributed by atoms with Crippen LogP contribution in [-0.4, -0.2) is 45.7 Å². The first-order valence-electron chi connectivity index (χ1n) is 11.6. The summed E-state index contributed by atoms with van der Waals surface area (Å²) >= 11 is 6.07. The number of H-pyrrole nitrogens is 2. The number of nitrogens with one attached hydrogen (secondary N) is 2. The molecule has 9 nitrogen and oxygen atoms in total. The molecule has 4 rings (SSSR count). The molecule has 1 aliphatic rings. The van der Waals surface area contributed by atoms with Crippen LogP contribution < -0.4 is 9.67 Å². The lowest BCUT2D eigenvalue weighted by molar-refractivity contribution is -0.695. The fraction of sp³-hybridized carbons (Fsp3) is 0.308. The average molecular weight is 511 g/mol. The summed E-state index contributed by atoms with van der Waals surface area (Å²) in [6.07, 6.45) is 6.03. The highest BCUT2D eigenvalue weighted by atomic mass is 35.5. The Morgan fingerprint density at radius 1 is 1.22 bits per heavy atom. The summed E-state index contributed by atoms with van der Waals surface area (Å²) in [5, 5.41) is 14.3. The van der Waals surface area contributed by atoms with E-state index >= 15 is 0 Å². The molecule has 0 spiro atoms. The number of halogens is 1. The second-order valence-corrected chi connectivity index (χ2v) is 9.01. The number of nitrogens with zero attached hydrogens (tertiary/aromatic N) is 2. The van der Waals surface area contributed by atoms with Crippen molar-refractivity contribution in [2.24, 2.45) is 0 Å². The molecular weight excluding hydrogens is 484 g/mol. The van der Waals surface area contributed by atoms with Gasteiger partial charge in [0.15, 0.2) is 0 Å². The van der Waals surface area contributed by atoms with Gasteiger partial charge in [-0.25, -0.2) is 9.36 Å². The Balaban J connectivity index is 1.78. The standard InChI is InChI=1S/C26H27ClN4O5/c1-4-36-26(35)21-15(2)19(16(3)29-21)23(32)20-22(17-6-8-18(27)9-7-17)31(25(34)24(20)33)12-5-11-30-13-10-28-14-30/h6-10,13-14,22H,4-5,11-12H2,1-3H3,(H2,29,32,33,35). The van der Waals surface area contributed by atoms with Gasteiger partial charge in [0, 0.05) is 29.3 Å². The fourth-order valence-electron chi connectivity index (χ4n) is 4.61. The normalized spacial score (nSPS) is 17.1. The number of amides is 1. The van der Waals surface area contributed by atoms with E-state index in [1.54, 1.807) is 57.6 Å². The fourth-order valence-corrected chi connectivity index (χ4v) is 4.73. The molecule has 0 aliphatic carbocycles. The molecule has 188 valence electrons. The summed E-state index contributed by atoms with van der Waals surface area (Å²) < 4.78 is 7.01. The Morgan fingerprint density at radius 3 is 2.58 bits per heavy atom. The predicted molar refractivity (Wildman–Crippen MR) is 130 cm³/mol. The summed E-state index contributed by atoms with van der Waals surface area (Å²) in [4.78, 5) is 46.1. The molecule has 0 radical (unpaired) electrons. The molecule has 36 heavy (non-hydrogen) atoms. The van der Waals surface area contributed by atoms with E-state index in [1.807, 2.05) is 10.8 Å². The molecule has 1 saturated heterocycles. The maximum absolute atomic E-state index is 13.9. The molecule has 3 aromatic rings. The van der Waals surface area contributed by atoms with E-state index in [1.165, 1.54) is 4.90 Å². The van der Waals surface area contributed by atoms with Crippen molar-refractivity contribution in [3.8, 4) is 0 Å². The molecular formula is C26H27ClN4O5. The van der Waals surface area contributed by atoms with Crippen LogP contribution in [0.15, 0.2) is 48.6 Å². The largest absolute Gasteiger partial charge is 0.872 e. The number of carbonyl (C=O) groups is 3. The van der Waals surface area contributed by atoms with Crippen LogP contribution in [0, 0.1) is 13.8 Å². The summed E-state index contributed by atoms with van der Waals surface area (Å²) in [7, 11) is 0. The van der Waals surface area contributed by atoms with Gasteiger partial charge in [0.1, 0.15) is 18.1 Å². The van der Waals surface area contributed by atoms with E-state index in [9.17, 15) is 19.5 Å². The molecule has 1 amide bonds. The molecule has 2 N–H and O–H groups in total. The third-order valence-corrected chi connectivity index (χ3v) is 6.53. The smallest absolute Gasteiger partial charge is 0.355 e. The molecule has 0 saturated carbocycles. The van der Waals surface area contributed by atoms with Crippen molar-refractivity contribution < 1.29 is 28.8 Å². The summed E-state index contributed by atoms with van der Waals surface area (Å²) in [6.45, 7) is 6.02. The van der Waals surface area contributed by atoms with Crippen LogP contribution in [-0.2, 0) is 20.9 Å². The van der Waals surface area contributed by atoms with Gasteiger partial charge in [0.05, 0.1) is 19.2 Å². The first kappa shape index (κ1) is 25.2. The lowest BCUT2D eigenvalue weighted by Crippen LogP contribution is -2.36. The number of hydrogen-bond donors (Lipinski definition) is 2. The Morgan fingerprint density at radius 2 is 1.94 bits per heavy atom. The second-order valence-electron chi connectivity index (χ2n) is 8.57. The Labute approximate surface area is 213 Å². The minimum atomic E-state index is -0.870. The van der Waals surface area contributed by atoms with Crippen LogP contribution in [0.4, 0.5) is 0 Å². The van der Waals surface area contributed by atoms with E-state index in [0.29, 0.717) is 34.8 Å². The monoisotopic (exact) mass is 510 g/mol. The van der Waals surface area contributed by atoms with E-state index in [-0.39, 0.29) is 30.0 Å². The zero-order valence-electron chi connectivity index (χ0n) is 20.3. The van der Waals surface area contributed by atoms with Gasteiger partial charge in [0.2, 0.25) is 12.1 Å². The molecule has 1 aromatic carbocycles. The van der Waals surface area contributed by atoms with Gasteiger partial charge in [-0.15, -0.1) is 0 Å². The van der Waals surface area contributed by atoms with Crippen molar-refractivity contribution in [2.75, 3.05) is 13.2 Å². The minimum absolute atomic E-state index is 0.141. The molecule has 1 fully saturated rings. The number of likely N-dealkylation sites (tertiary alicyclic amines) is 1. The molecule has 10 heteroatoms. The van der Waals surface area contributed by atoms with Crippen molar-refractivity contribution in [3.05, 3.63) is 81.7 Å². The third-order valence-electron chi connectivity index (χ3n) is 6.28. The zero-order chi connectivity index (χ0) is 26.0. The van der Waals surface area contributed by atoms with Gasteiger partial charge >= 0.3 is 5.97 Å². The number of Topliss-reactive ketones (excluding diaryl/α,β-unsaturated/α-hetero) is 1. The van der Waals surface area contributed by atoms with Crippen molar-refractivity contribution in [1.82, 2.24) is 14.9 Å². The van der Waals surface area contributed by atoms with Gasteiger partial charge in [-0.05, 0) is 49.6 Å². The van der Waals surface area contributed by atoms with E-state index in [2.05, 4.69) is 9.97 Å². The molecule has 1 atom stereocenters. The highest BCUT2D eigenvalue weighted by Crippen LogP contribution is 2.40. The first-order valence-corrected chi connectivity index (χ1v) is 12.0. The molecule has 2 aromatic heterocycles. The van der Waals surface area contributed by atoms with Gasteiger partial charge in [0.25, 0.3) is 5.91 Å². The number of carbonyl (C=O) groups excluding carboxylic acids is 3. The second kappa shape index (κ2) is 10.4. The lowest BCUT2D eigenvalue weighted by Gasteiger charge is -2.27. The third kappa shape index (κ3) is 4.66. The Hall–Kier alpha value is -3.85. The molecule has 1 unspecified atom stereocenters. The van der Waals surface area contributed by atoms with Gasteiger partial charge in [-0.3, -0.25) is 14.6 Å². The number of hydrogen-bond acceptors (Lipinski definition) is 5. The van der Waals surface area contributed by atoms with E-state index < -0.39 is 29.5 Å². The number of ether oxygens (including phenoxy) is 1. The van der Waals surface area contributed by atoms with Crippen LogP contribution in [0.3, 0.4) is 0 Å². The van der Waals surface area contributed by atoms with Gasteiger partial charge in [-0.1, -0.05) is 29.5 Å². The lowest BCUT2D eigenvalue weighted by atomic mass is 9.94. The number of rotatable bonds is 8. The first-order chi connectivity index (χ1) is 17.2. The SMILES string of the molecule is CCOC(=O)c1[nH]c(C)c(C([O-])=C2C(=O)C(=O)N(CCC[n+]3cc[nH]c3)C2c2ccc(Cl)cc2)c1C. The average Bonchev–Trinajstić information content (AvgIpc) is 3.53. The number of ketones is 1. The van der Waals surface area contributed by atoms with Gasteiger partial charge < -0.3 is 19.7 Å². The number of imidazole rings is 1. The van der Waals surface area contributed by atoms with Crippen LogP contribution in [0.2, 0.25) is 5.02 Å². The number of aromatic amines is 2. The number of aryl methyl sites for hydroxylation is 2. The van der Waals surface area contributed by atoms with Crippen LogP contribution in [0.1, 0.15) is 52.3 Å². The number of benzene rings is 1. The minimum Gasteiger partial charge on any atom is -0.872 e. The Bertz CT molecular complexity index is 1330. The summed E-state index contributed by atoms with van der Waals surface area (Å²) in [5.74, 6) is -2.74. The maximum atomic E-state index is 13.9. The highest BCUT2D eigenvalue weighted by Gasteiger charge is 2.44. The maximum Gasteiger partial charge on any atom is 0.355 e. The van der Waals surface area contributed by atoms with Gasteiger partial charge in [-0.2, -0.15) is 0 Å². The topological polar surface area (TPSA) is 122 Å². The van der Waals surface area contributed by atoms with Crippen LogP contribution >= 0.6 is 11.6 Å². The summed E-state index contributed by atoms with van der Waals surface area (Å²) in [5.41, 5.74) is 1.60. The number of aromatic nitrogens is 3. The molecule has 3 heterocycles. The predicted octanol–water partition coefficient (Wildman–Crippen LogP) is 2.39. The Kier molecular flexibility index (Phi) is 7.30.